The Labute approximate surface area is 121 Å². The molecule has 1 atom stereocenters. The molecule has 0 heterocycles. The zero-order valence-electron chi connectivity index (χ0n) is 11.3. The Bertz CT molecular complexity index is 444. The molecule has 5 N–H and O–H groups in total. The molecule has 0 spiro atoms. The predicted octanol–water partition coefficient (Wildman–Crippen LogP) is -0.961. The first-order chi connectivity index (χ1) is 9.30. The van der Waals surface area contributed by atoms with Gasteiger partial charge in [0.25, 0.3) is 0 Å². The van der Waals surface area contributed by atoms with Gasteiger partial charge in [0, 0.05) is 12.1 Å². The van der Waals surface area contributed by atoms with E-state index in [1.807, 2.05) is 0 Å². The lowest BCUT2D eigenvalue weighted by molar-refractivity contribution is -0.142. The van der Waals surface area contributed by atoms with Crippen LogP contribution in [0.3, 0.4) is 0 Å². The number of rotatable bonds is 9. The predicted molar refractivity (Wildman–Crippen MR) is 72.3 cm³/mol. The van der Waals surface area contributed by atoms with Gasteiger partial charge in [-0.15, -0.1) is 0 Å². The summed E-state index contributed by atoms with van der Waals surface area (Å²) < 4.78 is 26.4. The maximum Gasteiger partial charge on any atom is 0.339 e. The van der Waals surface area contributed by atoms with Gasteiger partial charge in [0.05, 0.1) is 0 Å². The molecule has 0 aromatic rings. The summed E-state index contributed by atoms with van der Waals surface area (Å²) in [7, 11) is -9.14. The van der Waals surface area contributed by atoms with Gasteiger partial charge in [-0.2, -0.15) is 0 Å². The molecule has 12 heteroatoms. The van der Waals surface area contributed by atoms with Gasteiger partial charge in [-0.3, -0.25) is 14.0 Å². The van der Waals surface area contributed by atoms with Crippen molar-refractivity contribution in [1.82, 2.24) is 4.90 Å². The Morgan fingerprint density at radius 1 is 1.19 bits per heavy atom. The summed E-state index contributed by atoms with van der Waals surface area (Å²) in [5.41, 5.74) is 0.101. The number of carbonyl (C=O) groups excluding carboxylic acids is 1. The highest BCUT2D eigenvalue weighted by Crippen LogP contribution is 2.40. The average Bonchev–Trinajstić information content (AvgIpc) is 2.20. The first kappa shape index (κ1) is 20.4. The van der Waals surface area contributed by atoms with E-state index in [4.69, 9.17) is 19.6 Å². The van der Waals surface area contributed by atoms with Gasteiger partial charge in [0.15, 0.2) is 0 Å². The monoisotopic (exact) mass is 347 g/mol. The molecule has 10 nitrogen and oxygen atoms in total. The third-order valence-electron chi connectivity index (χ3n) is 1.99. The summed E-state index contributed by atoms with van der Waals surface area (Å²) in [5.74, 6) is -0.759. The van der Waals surface area contributed by atoms with Crippen molar-refractivity contribution in [1.29, 1.82) is 0 Å². The smallest absolute Gasteiger partial charge is 0.339 e. The summed E-state index contributed by atoms with van der Waals surface area (Å²) in [6.45, 7) is 3.73. The third kappa shape index (κ3) is 11.7. The summed E-state index contributed by atoms with van der Waals surface area (Å²) in [6, 6.07) is 0. The van der Waals surface area contributed by atoms with E-state index in [1.165, 1.54) is 6.92 Å². The van der Waals surface area contributed by atoms with Crippen molar-refractivity contribution < 1.29 is 43.3 Å². The SMILES string of the molecule is C=C(C)C(=O)OCC(O)CN(CP(=O)(O)O)CP(=O)(O)O. The van der Waals surface area contributed by atoms with Crippen molar-refractivity contribution in [3.8, 4) is 0 Å². The number of hydrogen-bond donors (Lipinski definition) is 5. The first-order valence-corrected chi connectivity index (χ1v) is 9.22. The second-order valence-electron chi connectivity index (χ2n) is 4.50. The second kappa shape index (κ2) is 8.17. The molecule has 0 saturated heterocycles. The number of aliphatic hydroxyl groups excluding tert-OH is 1. The molecule has 0 fully saturated rings. The molecule has 0 aliphatic rings. The zero-order valence-corrected chi connectivity index (χ0v) is 13.1. The quantitative estimate of drug-likeness (QED) is 0.199. The number of ether oxygens (including phenoxy) is 1. The van der Waals surface area contributed by atoms with E-state index < -0.39 is 53.0 Å². The molecule has 0 aromatic carbocycles. The number of aliphatic hydroxyl groups is 1. The number of nitrogens with zero attached hydrogens (tertiary/aromatic N) is 1. The van der Waals surface area contributed by atoms with Gasteiger partial charge >= 0.3 is 21.2 Å². The fourth-order valence-corrected chi connectivity index (χ4v) is 2.96. The number of esters is 1. The minimum atomic E-state index is -4.57. The highest BCUT2D eigenvalue weighted by Gasteiger charge is 2.27. The first-order valence-electron chi connectivity index (χ1n) is 5.62. The molecule has 0 aliphatic heterocycles. The van der Waals surface area contributed by atoms with Crippen LogP contribution in [-0.2, 0) is 18.7 Å². The Hall–Kier alpha value is -0.570. The minimum Gasteiger partial charge on any atom is -0.460 e. The van der Waals surface area contributed by atoms with Gasteiger partial charge < -0.3 is 29.4 Å². The maximum atomic E-state index is 11.1. The van der Waals surface area contributed by atoms with E-state index in [9.17, 15) is 19.0 Å². The Kier molecular flexibility index (Phi) is 7.94. The largest absolute Gasteiger partial charge is 0.460 e. The average molecular weight is 347 g/mol. The van der Waals surface area contributed by atoms with Crippen LogP contribution in [0.15, 0.2) is 12.2 Å². The second-order valence-corrected chi connectivity index (χ2v) is 7.72. The van der Waals surface area contributed by atoms with Gasteiger partial charge in [-0.1, -0.05) is 6.58 Å². The third-order valence-corrected chi connectivity index (χ3v) is 3.53. The maximum absolute atomic E-state index is 11.1. The summed E-state index contributed by atoms with van der Waals surface area (Å²) in [4.78, 5) is 47.1. The van der Waals surface area contributed by atoms with Gasteiger partial charge in [-0.05, 0) is 6.92 Å². The molecule has 0 saturated carbocycles. The molecule has 0 aromatic heterocycles. The van der Waals surface area contributed by atoms with E-state index in [0.717, 1.165) is 0 Å². The Morgan fingerprint density at radius 2 is 1.62 bits per heavy atom. The highest BCUT2D eigenvalue weighted by atomic mass is 31.2. The molecule has 0 aliphatic carbocycles. The van der Waals surface area contributed by atoms with E-state index >= 15 is 0 Å². The van der Waals surface area contributed by atoms with Crippen LogP contribution >= 0.6 is 15.2 Å². The lowest BCUT2D eigenvalue weighted by atomic mass is 10.3. The molecule has 21 heavy (non-hydrogen) atoms. The molecule has 0 bridgehead atoms. The van der Waals surface area contributed by atoms with Crippen LogP contribution in [-0.4, -0.2) is 67.4 Å². The van der Waals surface area contributed by atoms with E-state index in [-0.39, 0.29) is 5.57 Å². The molecule has 1 unspecified atom stereocenters. The van der Waals surface area contributed by atoms with Crippen molar-refractivity contribution in [3.63, 3.8) is 0 Å². The fourth-order valence-electron chi connectivity index (χ4n) is 1.33. The minimum absolute atomic E-state index is 0.101. The molecule has 0 rings (SSSR count). The lowest BCUT2D eigenvalue weighted by Crippen LogP contribution is -2.36. The molecule has 0 amide bonds. The normalized spacial score (nSPS) is 14.0. The lowest BCUT2D eigenvalue weighted by Gasteiger charge is -2.25. The number of hydrogen-bond acceptors (Lipinski definition) is 6. The van der Waals surface area contributed by atoms with Crippen molar-refractivity contribution in [2.45, 2.75) is 13.0 Å². The number of carbonyl (C=O) groups is 1. The zero-order chi connectivity index (χ0) is 16.8. The van der Waals surface area contributed by atoms with Gasteiger partial charge in [0.1, 0.15) is 25.3 Å². The van der Waals surface area contributed by atoms with Crippen LogP contribution in [0.2, 0.25) is 0 Å². The van der Waals surface area contributed by atoms with Gasteiger partial charge in [0.2, 0.25) is 0 Å². The van der Waals surface area contributed by atoms with Crippen LogP contribution in [0.4, 0.5) is 0 Å². The topological polar surface area (TPSA) is 165 Å². The molecular weight excluding hydrogens is 328 g/mol. The fraction of sp³-hybridized carbons (Fsp3) is 0.667. The van der Waals surface area contributed by atoms with Crippen molar-refractivity contribution >= 4 is 21.2 Å². The van der Waals surface area contributed by atoms with E-state index in [1.54, 1.807) is 0 Å². The molecule has 0 radical (unpaired) electrons. The van der Waals surface area contributed by atoms with Crippen molar-refractivity contribution in [2.75, 3.05) is 25.7 Å². The summed E-state index contributed by atoms with van der Waals surface area (Å²) in [6.07, 6.45) is -3.25. The van der Waals surface area contributed by atoms with Crippen molar-refractivity contribution in [2.24, 2.45) is 0 Å². The van der Waals surface area contributed by atoms with Crippen LogP contribution < -0.4 is 0 Å². The summed E-state index contributed by atoms with van der Waals surface area (Å²) >= 11 is 0. The van der Waals surface area contributed by atoms with Crippen LogP contribution in [0, 0.1) is 0 Å². The van der Waals surface area contributed by atoms with Crippen molar-refractivity contribution in [3.05, 3.63) is 12.2 Å². The molecular formula is C9H19NO9P2. The summed E-state index contributed by atoms with van der Waals surface area (Å²) in [5, 5.41) is 9.59. The van der Waals surface area contributed by atoms with Crippen LogP contribution in [0.25, 0.3) is 0 Å². The van der Waals surface area contributed by atoms with E-state index in [2.05, 4.69) is 11.3 Å². The Balaban J connectivity index is 4.58. The van der Waals surface area contributed by atoms with Gasteiger partial charge in [-0.25, -0.2) is 4.79 Å². The highest BCUT2D eigenvalue weighted by molar-refractivity contribution is 7.52. The van der Waals surface area contributed by atoms with Crippen LogP contribution in [0.5, 0.6) is 0 Å². The van der Waals surface area contributed by atoms with E-state index in [0.29, 0.717) is 4.90 Å². The van der Waals surface area contributed by atoms with Crippen LogP contribution in [0.1, 0.15) is 6.92 Å². The Morgan fingerprint density at radius 3 is 1.95 bits per heavy atom. The molecule has 124 valence electrons. The standard InChI is InChI=1S/C9H19NO9P2/c1-7(2)9(12)19-4-8(11)3-10(5-20(13,14)15)6-21(16,17)18/h8,11H,1,3-6H2,2H3,(H2,13,14,15)(H2,16,17,18).